The average molecular weight is 343 g/mol. The van der Waals surface area contributed by atoms with Crippen LogP contribution < -0.4 is 9.47 Å². The molecule has 1 aromatic carbocycles. The number of carbonyl (C=O) groups excluding carboxylic acids is 1. The van der Waals surface area contributed by atoms with Gasteiger partial charge in [0.2, 0.25) is 11.8 Å². The first-order valence-electron chi connectivity index (χ1n) is 7.31. The summed E-state index contributed by atoms with van der Waals surface area (Å²) in [5.74, 6) is 0.402. The Morgan fingerprint density at radius 2 is 1.80 bits per heavy atom. The van der Waals surface area contributed by atoms with Gasteiger partial charge >= 0.3 is 0 Å². The largest absolute Gasteiger partial charge is 0.481 e. The summed E-state index contributed by atoms with van der Waals surface area (Å²) in [6.07, 6.45) is 1.50. The molecule has 1 aromatic heterocycles. The molecule has 0 fully saturated rings. The molecule has 0 N–H and O–H groups in total. The van der Waals surface area contributed by atoms with E-state index >= 15 is 0 Å². The highest BCUT2D eigenvalue weighted by atomic mass is 16.6. The molecule has 0 aliphatic rings. The second-order valence-electron chi connectivity index (χ2n) is 5.16. The second-order valence-corrected chi connectivity index (χ2v) is 5.16. The fraction of sp³-hybridized carbons (Fsp3) is 0.235. The third kappa shape index (κ3) is 3.97. The van der Waals surface area contributed by atoms with Crippen LogP contribution in [0.25, 0.3) is 11.6 Å². The van der Waals surface area contributed by atoms with Gasteiger partial charge in [0.1, 0.15) is 0 Å². The third-order valence-corrected chi connectivity index (χ3v) is 3.46. The Kier molecular flexibility index (Phi) is 5.43. The molecule has 2 aromatic rings. The summed E-state index contributed by atoms with van der Waals surface area (Å²) in [5, 5.41) is 10.9. The maximum atomic E-state index is 12.1. The topological polar surface area (TPSA) is 104 Å². The molecule has 0 amide bonds. The molecule has 8 heteroatoms. The standard InChI is InChI=1S/C17H17N3O5/c1-10-16(24-3)18-15(19-17(10)25-4)14(11(2)21)9-12-6-5-7-13(8-12)20(22)23/h5-9H,1-4H3/b14-9+. The van der Waals surface area contributed by atoms with E-state index in [0.717, 1.165) is 0 Å². The summed E-state index contributed by atoms with van der Waals surface area (Å²) in [4.78, 5) is 31.0. The van der Waals surface area contributed by atoms with Gasteiger partial charge in [-0.15, -0.1) is 0 Å². The highest BCUT2D eigenvalue weighted by Gasteiger charge is 2.18. The van der Waals surface area contributed by atoms with Crippen LogP contribution in [0.15, 0.2) is 24.3 Å². The van der Waals surface area contributed by atoms with E-state index in [2.05, 4.69) is 9.97 Å². The Morgan fingerprint density at radius 3 is 2.28 bits per heavy atom. The van der Waals surface area contributed by atoms with Crippen LogP contribution in [0.5, 0.6) is 11.8 Å². The summed E-state index contributed by atoms with van der Waals surface area (Å²) in [5.41, 5.74) is 1.21. The third-order valence-electron chi connectivity index (χ3n) is 3.46. The van der Waals surface area contributed by atoms with Crippen LogP contribution in [0.4, 0.5) is 5.69 Å². The molecule has 1 heterocycles. The van der Waals surface area contributed by atoms with Crippen molar-refractivity contribution in [3.05, 3.63) is 51.3 Å². The van der Waals surface area contributed by atoms with Crippen LogP contribution in [0.1, 0.15) is 23.9 Å². The number of ketones is 1. The molecule has 0 saturated heterocycles. The lowest BCUT2D eigenvalue weighted by Crippen LogP contribution is -2.07. The van der Waals surface area contributed by atoms with Gasteiger partial charge in [-0.05, 0) is 25.5 Å². The molecular weight excluding hydrogens is 326 g/mol. The zero-order valence-corrected chi connectivity index (χ0v) is 14.3. The number of aromatic nitrogens is 2. The average Bonchev–Trinajstić information content (AvgIpc) is 2.60. The zero-order valence-electron chi connectivity index (χ0n) is 14.3. The van der Waals surface area contributed by atoms with Crippen LogP contribution in [-0.4, -0.2) is 34.9 Å². The highest BCUT2D eigenvalue weighted by Crippen LogP contribution is 2.27. The predicted octanol–water partition coefficient (Wildman–Crippen LogP) is 2.84. The zero-order chi connectivity index (χ0) is 18.6. The van der Waals surface area contributed by atoms with Crippen LogP contribution >= 0.6 is 0 Å². The maximum absolute atomic E-state index is 12.1. The Hall–Kier alpha value is -3.29. The predicted molar refractivity (Wildman–Crippen MR) is 91.5 cm³/mol. The van der Waals surface area contributed by atoms with Crippen molar-refractivity contribution >= 4 is 23.1 Å². The van der Waals surface area contributed by atoms with Crippen molar-refractivity contribution < 1.29 is 19.2 Å². The fourth-order valence-corrected chi connectivity index (χ4v) is 2.21. The van der Waals surface area contributed by atoms with Gasteiger partial charge in [-0.1, -0.05) is 12.1 Å². The number of benzene rings is 1. The molecule has 0 radical (unpaired) electrons. The first-order valence-corrected chi connectivity index (χ1v) is 7.31. The van der Waals surface area contributed by atoms with E-state index in [0.29, 0.717) is 11.1 Å². The lowest BCUT2D eigenvalue weighted by atomic mass is 10.1. The highest BCUT2D eigenvalue weighted by molar-refractivity contribution is 6.23. The number of allylic oxidation sites excluding steroid dienone is 1. The van der Waals surface area contributed by atoms with Gasteiger partial charge in [0.25, 0.3) is 5.69 Å². The molecule has 130 valence electrons. The molecule has 0 spiro atoms. The van der Waals surface area contributed by atoms with E-state index in [-0.39, 0.29) is 34.6 Å². The van der Waals surface area contributed by atoms with Gasteiger partial charge in [0, 0.05) is 12.1 Å². The van der Waals surface area contributed by atoms with Crippen LogP contribution in [0, 0.1) is 17.0 Å². The minimum atomic E-state index is -0.501. The molecule has 0 aliphatic carbocycles. The Balaban J connectivity index is 2.61. The van der Waals surface area contributed by atoms with Gasteiger partial charge in [-0.25, -0.2) is 0 Å². The lowest BCUT2D eigenvalue weighted by Gasteiger charge is -2.11. The van der Waals surface area contributed by atoms with E-state index in [9.17, 15) is 14.9 Å². The number of ether oxygens (including phenoxy) is 2. The Morgan fingerprint density at radius 1 is 1.20 bits per heavy atom. The SMILES string of the molecule is COc1nc(/C(=C/c2cccc([N+](=O)[O-])c2)C(C)=O)nc(OC)c1C. The van der Waals surface area contributed by atoms with E-state index in [1.54, 1.807) is 19.1 Å². The minimum Gasteiger partial charge on any atom is -0.481 e. The van der Waals surface area contributed by atoms with Crippen LogP contribution in [0.3, 0.4) is 0 Å². The number of non-ortho nitro benzene ring substituents is 1. The molecule has 0 unspecified atom stereocenters. The molecule has 0 aliphatic heterocycles. The molecule has 2 rings (SSSR count). The maximum Gasteiger partial charge on any atom is 0.270 e. The number of carbonyl (C=O) groups is 1. The van der Waals surface area contributed by atoms with Crippen LogP contribution in [0.2, 0.25) is 0 Å². The molecule has 25 heavy (non-hydrogen) atoms. The summed E-state index contributed by atoms with van der Waals surface area (Å²) >= 11 is 0. The van der Waals surface area contributed by atoms with E-state index in [1.165, 1.54) is 39.4 Å². The number of rotatable bonds is 6. The number of hydrogen-bond acceptors (Lipinski definition) is 7. The number of nitrogens with zero attached hydrogens (tertiary/aromatic N) is 3. The van der Waals surface area contributed by atoms with Crippen molar-refractivity contribution in [2.45, 2.75) is 13.8 Å². The van der Waals surface area contributed by atoms with Crippen molar-refractivity contribution in [1.82, 2.24) is 9.97 Å². The van der Waals surface area contributed by atoms with E-state index < -0.39 is 4.92 Å². The lowest BCUT2D eigenvalue weighted by molar-refractivity contribution is -0.384. The van der Waals surface area contributed by atoms with Gasteiger partial charge in [-0.2, -0.15) is 9.97 Å². The monoisotopic (exact) mass is 343 g/mol. The molecular formula is C17H17N3O5. The van der Waals surface area contributed by atoms with Gasteiger partial charge in [-0.3, -0.25) is 14.9 Å². The van der Waals surface area contributed by atoms with Crippen LogP contribution in [-0.2, 0) is 4.79 Å². The first kappa shape index (κ1) is 18.1. The van der Waals surface area contributed by atoms with Crippen molar-refractivity contribution in [2.24, 2.45) is 0 Å². The fourth-order valence-electron chi connectivity index (χ4n) is 2.21. The number of nitro groups is 1. The van der Waals surface area contributed by atoms with Gasteiger partial charge in [0.15, 0.2) is 11.6 Å². The summed E-state index contributed by atoms with van der Waals surface area (Å²) in [6, 6.07) is 5.93. The van der Waals surface area contributed by atoms with Gasteiger partial charge < -0.3 is 9.47 Å². The molecule has 0 atom stereocenters. The minimum absolute atomic E-state index is 0.0726. The number of Topliss-reactive ketones (excluding diaryl/α,β-unsaturated/α-hetero) is 1. The van der Waals surface area contributed by atoms with Crippen molar-refractivity contribution in [3.63, 3.8) is 0 Å². The second kappa shape index (κ2) is 7.52. The van der Waals surface area contributed by atoms with Crippen molar-refractivity contribution in [1.29, 1.82) is 0 Å². The normalized spacial score (nSPS) is 11.1. The van der Waals surface area contributed by atoms with Gasteiger partial charge in [0.05, 0.1) is 30.3 Å². The molecule has 8 nitrogen and oxygen atoms in total. The summed E-state index contributed by atoms with van der Waals surface area (Å²) < 4.78 is 10.4. The first-order chi connectivity index (χ1) is 11.9. The number of methoxy groups -OCH3 is 2. The Labute approximate surface area is 144 Å². The molecule has 0 saturated carbocycles. The van der Waals surface area contributed by atoms with Crippen molar-refractivity contribution in [3.8, 4) is 11.8 Å². The Bertz CT molecular complexity index is 836. The summed E-state index contributed by atoms with van der Waals surface area (Å²) in [6.45, 7) is 3.10. The molecule has 0 bridgehead atoms. The number of hydrogen-bond donors (Lipinski definition) is 0. The van der Waals surface area contributed by atoms with E-state index in [4.69, 9.17) is 9.47 Å². The van der Waals surface area contributed by atoms with Crippen molar-refractivity contribution in [2.75, 3.05) is 14.2 Å². The quantitative estimate of drug-likeness (QED) is 0.451. The van der Waals surface area contributed by atoms with E-state index in [1.807, 2.05) is 0 Å². The smallest absolute Gasteiger partial charge is 0.270 e. The summed E-state index contributed by atoms with van der Waals surface area (Å²) in [7, 11) is 2.91. The number of nitro benzene ring substituents is 1.